The Morgan fingerprint density at radius 2 is 1.83 bits per heavy atom. The lowest BCUT2D eigenvalue weighted by atomic mass is 10.1. The van der Waals surface area contributed by atoms with Crippen LogP contribution in [0, 0.1) is 0 Å². The Bertz CT molecular complexity index is 1220. The predicted molar refractivity (Wildman–Crippen MR) is 114 cm³/mol. The number of rotatable bonds is 3. The summed E-state index contributed by atoms with van der Waals surface area (Å²) < 4.78 is 3.54. The smallest absolute Gasteiger partial charge is 0.257 e. The third-order valence-corrected chi connectivity index (χ3v) is 5.35. The molecule has 5 rings (SSSR count). The Morgan fingerprint density at radius 3 is 2.66 bits per heavy atom. The van der Waals surface area contributed by atoms with Gasteiger partial charge in [0, 0.05) is 74.8 Å². The number of carbonyl (C=O) groups is 1. The number of nitrogens with zero attached hydrogens (tertiary/aromatic N) is 5. The molecule has 3 heterocycles. The number of amides is 1. The van der Waals surface area contributed by atoms with E-state index in [-0.39, 0.29) is 5.91 Å². The van der Waals surface area contributed by atoms with E-state index < -0.39 is 0 Å². The molecule has 0 bridgehead atoms. The highest BCUT2D eigenvalue weighted by molar-refractivity contribution is 6.14. The average Bonchev–Trinajstić information content (AvgIpc) is 3.28. The van der Waals surface area contributed by atoms with Gasteiger partial charge in [0.05, 0.1) is 11.1 Å². The molecule has 1 fully saturated rings. The summed E-state index contributed by atoms with van der Waals surface area (Å²) in [6, 6.07) is 9.65. The van der Waals surface area contributed by atoms with Crippen LogP contribution < -0.4 is 15.5 Å². The standard InChI is InChI=1S/C21H23N7O/c1-26-12-14-3-4-15(11-18(14)24-26)23-21(29)16-5-6-19(28-9-7-22-8-10-28)17-13-27(2)25-20(16)17/h3-6,11-13,22H,7-10H2,1-2H3,(H,23,29). The summed E-state index contributed by atoms with van der Waals surface area (Å²) in [5, 5.41) is 17.4. The van der Waals surface area contributed by atoms with Gasteiger partial charge in [-0.3, -0.25) is 14.2 Å². The first-order chi connectivity index (χ1) is 14.1. The van der Waals surface area contributed by atoms with Crippen molar-refractivity contribution in [3.8, 4) is 0 Å². The van der Waals surface area contributed by atoms with Crippen molar-refractivity contribution in [2.75, 3.05) is 36.4 Å². The summed E-state index contributed by atoms with van der Waals surface area (Å²) >= 11 is 0. The molecule has 1 aliphatic rings. The van der Waals surface area contributed by atoms with Crippen LogP contribution in [-0.4, -0.2) is 51.6 Å². The highest BCUT2D eigenvalue weighted by atomic mass is 16.1. The van der Waals surface area contributed by atoms with E-state index >= 15 is 0 Å². The lowest BCUT2D eigenvalue weighted by Gasteiger charge is -2.30. The van der Waals surface area contributed by atoms with Crippen molar-refractivity contribution in [3.63, 3.8) is 0 Å². The van der Waals surface area contributed by atoms with Gasteiger partial charge in [-0.1, -0.05) is 0 Å². The molecule has 2 aromatic carbocycles. The van der Waals surface area contributed by atoms with E-state index in [0.29, 0.717) is 5.56 Å². The molecule has 0 aliphatic carbocycles. The predicted octanol–water partition coefficient (Wildman–Crippen LogP) is 2.12. The molecule has 0 unspecified atom stereocenters. The zero-order valence-corrected chi connectivity index (χ0v) is 16.5. The van der Waals surface area contributed by atoms with Gasteiger partial charge in [0.15, 0.2) is 0 Å². The molecule has 8 nitrogen and oxygen atoms in total. The molecule has 148 valence electrons. The van der Waals surface area contributed by atoms with E-state index in [4.69, 9.17) is 0 Å². The fourth-order valence-corrected chi connectivity index (χ4v) is 3.99. The van der Waals surface area contributed by atoms with Gasteiger partial charge in [-0.15, -0.1) is 0 Å². The number of piperazine rings is 1. The van der Waals surface area contributed by atoms with Crippen molar-refractivity contribution in [2.24, 2.45) is 14.1 Å². The maximum atomic E-state index is 13.1. The first-order valence-electron chi connectivity index (χ1n) is 9.75. The molecular weight excluding hydrogens is 366 g/mol. The number of nitrogens with one attached hydrogen (secondary N) is 2. The first-order valence-corrected chi connectivity index (χ1v) is 9.75. The van der Waals surface area contributed by atoms with E-state index in [0.717, 1.165) is 59.4 Å². The third-order valence-electron chi connectivity index (χ3n) is 5.35. The monoisotopic (exact) mass is 389 g/mol. The van der Waals surface area contributed by atoms with Gasteiger partial charge < -0.3 is 15.5 Å². The van der Waals surface area contributed by atoms with Crippen LogP contribution in [0.4, 0.5) is 11.4 Å². The maximum Gasteiger partial charge on any atom is 0.257 e. The van der Waals surface area contributed by atoms with Gasteiger partial charge in [0.1, 0.15) is 5.52 Å². The van der Waals surface area contributed by atoms with E-state index in [9.17, 15) is 4.79 Å². The molecule has 1 saturated heterocycles. The Kier molecular flexibility index (Phi) is 4.21. The van der Waals surface area contributed by atoms with Crippen LogP contribution in [0.15, 0.2) is 42.7 Å². The van der Waals surface area contributed by atoms with Gasteiger partial charge in [0.2, 0.25) is 0 Å². The summed E-state index contributed by atoms with van der Waals surface area (Å²) in [5.74, 6) is -0.171. The number of carbonyl (C=O) groups excluding carboxylic acids is 1. The van der Waals surface area contributed by atoms with Gasteiger partial charge in [-0.05, 0) is 30.3 Å². The number of hydrogen-bond donors (Lipinski definition) is 2. The van der Waals surface area contributed by atoms with Crippen LogP contribution in [-0.2, 0) is 14.1 Å². The van der Waals surface area contributed by atoms with Crippen molar-refractivity contribution in [2.45, 2.75) is 0 Å². The van der Waals surface area contributed by atoms with Crippen LogP contribution in [0.2, 0.25) is 0 Å². The Morgan fingerprint density at radius 1 is 1.03 bits per heavy atom. The minimum absolute atomic E-state index is 0.171. The van der Waals surface area contributed by atoms with Crippen molar-refractivity contribution in [1.29, 1.82) is 0 Å². The summed E-state index contributed by atoms with van der Waals surface area (Å²) in [6.07, 6.45) is 3.94. The number of aromatic nitrogens is 4. The van der Waals surface area contributed by atoms with Gasteiger partial charge >= 0.3 is 0 Å². The number of aryl methyl sites for hydroxylation is 2. The van der Waals surface area contributed by atoms with Crippen molar-refractivity contribution in [1.82, 2.24) is 24.9 Å². The molecule has 0 radical (unpaired) electrons. The molecule has 1 amide bonds. The highest BCUT2D eigenvalue weighted by Gasteiger charge is 2.20. The summed E-state index contributed by atoms with van der Waals surface area (Å²) in [6.45, 7) is 3.80. The molecule has 8 heteroatoms. The van der Waals surface area contributed by atoms with Crippen molar-refractivity contribution < 1.29 is 4.79 Å². The number of fused-ring (bicyclic) bond motifs is 2. The SMILES string of the molecule is Cn1cc2ccc(NC(=O)c3ccc(N4CCNCC4)c4cn(C)nc34)cc2n1. The molecule has 0 spiro atoms. The van der Waals surface area contributed by atoms with Gasteiger partial charge in [-0.2, -0.15) is 10.2 Å². The average molecular weight is 389 g/mol. The molecule has 2 N–H and O–H groups in total. The van der Waals surface area contributed by atoms with Crippen molar-refractivity contribution >= 4 is 39.1 Å². The summed E-state index contributed by atoms with van der Waals surface area (Å²) in [7, 11) is 3.77. The molecule has 29 heavy (non-hydrogen) atoms. The summed E-state index contributed by atoms with van der Waals surface area (Å²) in [5.41, 5.74) is 3.99. The maximum absolute atomic E-state index is 13.1. The van der Waals surface area contributed by atoms with E-state index in [1.807, 2.05) is 56.8 Å². The zero-order chi connectivity index (χ0) is 20.0. The molecule has 0 saturated carbocycles. The zero-order valence-electron chi connectivity index (χ0n) is 16.5. The largest absolute Gasteiger partial charge is 0.368 e. The summed E-state index contributed by atoms with van der Waals surface area (Å²) in [4.78, 5) is 15.4. The van der Waals surface area contributed by atoms with Crippen LogP contribution in [0.25, 0.3) is 21.8 Å². The van der Waals surface area contributed by atoms with Crippen molar-refractivity contribution in [3.05, 3.63) is 48.3 Å². The molecular formula is C21H23N7O. The number of anilines is 2. The van der Waals surface area contributed by atoms with Gasteiger partial charge in [0.25, 0.3) is 5.91 Å². The second-order valence-electron chi connectivity index (χ2n) is 7.46. The van der Waals surface area contributed by atoms with E-state index in [2.05, 4.69) is 25.7 Å². The normalized spacial score (nSPS) is 14.6. The topological polar surface area (TPSA) is 80.0 Å². The Balaban J connectivity index is 1.49. The van der Waals surface area contributed by atoms with E-state index in [1.54, 1.807) is 9.36 Å². The van der Waals surface area contributed by atoms with Crippen LogP contribution >= 0.6 is 0 Å². The van der Waals surface area contributed by atoms with Crippen LogP contribution in [0.5, 0.6) is 0 Å². The third kappa shape index (κ3) is 3.21. The lowest BCUT2D eigenvalue weighted by molar-refractivity contribution is 0.102. The Hall–Kier alpha value is -3.39. The second-order valence-corrected chi connectivity index (χ2v) is 7.46. The molecule has 1 aliphatic heterocycles. The highest BCUT2D eigenvalue weighted by Crippen LogP contribution is 2.30. The molecule has 2 aromatic heterocycles. The number of hydrogen-bond acceptors (Lipinski definition) is 5. The van der Waals surface area contributed by atoms with Crippen LogP contribution in [0.1, 0.15) is 10.4 Å². The lowest BCUT2D eigenvalue weighted by Crippen LogP contribution is -2.43. The van der Waals surface area contributed by atoms with Gasteiger partial charge in [-0.25, -0.2) is 0 Å². The van der Waals surface area contributed by atoms with E-state index in [1.165, 1.54) is 0 Å². The second kappa shape index (κ2) is 6.89. The minimum atomic E-state index is -0.171. The fraction of sp³-hybridized carbons (Fsp3) is 0.286. The number of benzene rings is 2. The Labute approximate surface area is 168 Å². The molecule has 0 atom stereocenters. The fourth-order valence-electron chi connectivity index (χ4n) is 3.99. The first kappa shape index (κ1) is 17.7. The molecule has 4 aromatic rings. The van der Waals surface area contributed by atoms with Crippen LogP contribution in [0.3, 0.4) is 0 Å². The quantitative estimate of drug-likeness (QED) is 0.561. The minimum Gasteiger partial charge on any atom is -0.368 e.